The van der Waals surface area contributed by atoms with Crippen molar-refractivity contribution >= 4 is 45.0 Å². The number of hydrogen-bond donors (Lipinski definition) is 1. The number of aromatic nitrogens is 2. The van der Waals surface area contributed by atoms with Crippen LogP contribution >= 0.6 is 23.2 Å². The Morgan fingerprint density at radius 1 is 1.10 bits per heavy atom. The van der Waals surface area contributed by atoms with Crippen molar-refractivity contribution in [2.24, 2.45) is 0 Å². The summed E-state index contributed by atoms with van der Waals surface area (Å²) in [5.74, 6) is -0.273. The van der Waals surface area contributed by atoms with E-state index in [1.54, 1.807) is 28.9 Å². The van der Waals surface area contributed by atoms with Gasteiger partial charge in [-0.1, -0.05) is 35.7 Å². The van der Waals surface area contributed by atoms with Crippen LogP contribution in [0.4, 0.5) is 5.82 Å². The first-order valence-electron chi connectivity index (χ1n) is 9.72. The molecular formula is C20H20Cl2N4O4S. The Balaban J connectivity index is 1.48. The summed E-state index contributed by atoms with van der Waals surface area (Å²) in [7, 11) is -3.75. The molecule has 4 rings (SSSR count). The van der Waals surface area contributed by atoms with E-state index in [9.17, 15) is 13.2 Å². The zero-order chi connectivity index (χ0) is 22.0. The molecule has 1 N–H and O–H groups in total. The summed E-state index contributed by atoms with van der Waals surface area (Å²) >= 11 is 12.2. The summed E-state index contributed by atoms with van der Waals surface area (Å²) in [5, 5.41) is 7.67. The Hall–Kier alpha value is -2.33. The van der Waals surface area contributed by atoms with Gasteiger partial charge in [0.15, 0.2) is 5.76 Å². The Morgan fingerprint density at radius 2 is 1.87 bits per heavy atom. The molecular weight excluding hydrogens is 463 g/mol. The van der Waals surface area contributed by atoms with Crippen LogP contribution in [0, 0.1) is 0 Å². The molecule has 0 saturated carbocycles. The number of benzene rings is 1. The van der Waals surface area contributed by atoms with Gasteiger partial charge in [0.1, 0.15) is 5.82 Å². The molecule has 1 amide bonds. The van der Waals surface area contributed by atoms with Crippen molar-refractivity contribution in [3.8, 4) is 0 Å². The second kappa shape index (κ2) is 9.04. The van der Waals surface area contributed by atoms with Crippen LogP contribution in [0.15, 0.2) is 52.1 Å². The Kier molecular flexibility index (Phi) is 6.38. The van der Waals surface area contributed by atoms with Crippen molar-refractivity contribution in [1.82, 2.24) is 14.1 Å². The van der Waals surface area contributed by atoms with E-state index in [2.05, 4.69) is 10.4 Å². The molecule has 0 unspecified atom stereocenters. The fraction of sp³-hybridized carbons (Fsp3) is 0.300. The number of nitrogens with one attached hydrogen (secondary N) is 1. The number of carbonyl (C=O) groups excluding carboxylic acids is 1. The van der Waals surface area contributed by atoms with Gasteiger partial charge >= 0.3 is 0 Å². The molecule has 1 aromatic carbocycles. The monoisotopic (exact) mass is 482 g/mol. The number of rotatable bonds is 6. The minimum Gasteiger partial charge on any atom is -0.438 e. The SMILES string of the molecule is O=C(Nc1ccnn1Cc1ccc(Cl)cc1Cl)c1ccc(S(=O)(=O)N2CCCCC2)o1. The lowest BCUT2D eigenvalue weighted by molar-refractivity contribution is 0.0990. The number of nitrogens with zero attached hydrogens (tertiary/aromatic N) is 3. The Bertz CT molecular complexity index is 1200. The highest BCUT2D eigenvalue weighted by Gasteiger charge is 2.29. The largest absolute Gasteiger partial charge is 0.438 e. The van der Waals surface area contributed by atoms with Gasteiger partial charge in [-0.25, -0.2) is 13.1 Å². The van der Waals surface area contributed by atoms with Gasteiger partial charge in [0.25, 0.3) is 15.9 Å². The summed E-state index contributed by atoms with van der Waals surface area (Å²) in [6.07, 6.45) is 4.17. The Labute approximate surface area is 189 Å². The second-order valence-electron chi connectivity index (χ2n) is 7.15. The molecule has 164 valence electrons. The van der Waals surface area contributed by atoms with E-state index in [1.165, 1.54) is 22.6 Å². The predicted molar refractivity (Wildman–Crippen MR) is 117 cm³/mol. The highest BCUT2D eigenvalue weighted by Crippen LogP contribution is 2.24. The predicted octanol–water partition coefficient (Wildman–Crippen LogP) is 4.26. The normalized spacial score (nSPS) is 15.2. The summed E-state index contributed by atoms with van der Waals surface area (Å²) in [4.78, 5) is 12.6. The van der Waals surface area contributed by atoms with E-state index in [0.29, 0.717) is 35.5 Å². The standard InChI is InChI=1S/C20H20Cl2N4O4S/c21-15-5-4-14(16(22)12-15)13-26-18(8-9-23-26)24-20(27)17-6-7-19(30-17)31(28,29)25-10-2-1-3-11-25/h4-9,12H,1-3,10-11,13H2,(H,24,27). The van der Waals surface area contributed by atoms with Crippen LogP contribution in [0.2, 0.25) is 10.0 Å². The molecule has 1 aliphatic rings. The Morgan fingerprint density at radius 3 is 2.61 bits per heavy atom. The first-order valence-corrected chi connectivity index (χ1v) is 11.9. The molecule has 3 aromatic rings. The van der Waals surface area contributed by atoms with E-state index in [4.69, 9.17) is 27.6 Å². The fourth-order valence-electron chi connectivity index (χ4n) is 3.37. The lowest BCUT2D eigenvalue weighted by Gasteiger charge is -2.24. The zero-order valence-corrected chi connectivity index (χ0v) is 18.8. The summed E-state index contributed by atoms with van der Waals surface area (Å²) in [6.45, 7) is 1.22. The summed E-state index contributed by atoms with van der Waals surface area (Å²) in [6, 6.07) is 9.41. The summed E-state index contributed by atoms with van der Waals surface area (Å²) < 4.78 is 33.8. The third-order valence-electron chi connectivity index (χ3n) is 5.01. The van der Waals surface area contributed by atoms with Crippen molar-refractivity contribution < 1.29 is 17.6 Å². The van der Waals surface area contributed by atoms with Crippen LogP contribution in [0.5, 0.6) is 0 Å². The molecule has 3 heterocycles. The van der Waals surface area contributed by atoms with Gasteiger partial charge in [-0.3, -0.25) is 4.79 Å². The first-order chi connectivity index (χ1) is 14.8. The molecule has 2 aromatic heterocycles. The van der Waals surface area contributed by atoms with E-state index in [-0.39, 0.29) is 10.9 Å². The number of piperidine rings is 1. The van der Waals surface area contributed by atoms with Crippen molar-refractivity contribution in [2.75, 3.05) is 18.4 Å². The molecule has 0 aliphatic carbocycles. The van der Waals surface area contributed by atoms with E-state index in [0.717, 1.165) is 24.8 Å². The van der Waals surface area contributed by atoms with Crippen LogP contribution in [0.1, 0.15) is 35.4 Å². The highest BCUT2D eigenvalue weighted by atomic mass is 35.5. The van der Waals surface area contributed by atoms with E-state index >= 15 is 0 Å². The van der Waals surface area contributed by atoms with E-state index < -0.39 is 15.9 Å². The lowest BCUT2D eigenvalue weighted by Crippen LogP contribution is -2.35. The quantitative estimate of drug-likeness (QED) is 0.565. The molecule has 0 radical (unpaired) electrons. The van der Waals surface area contributed by atoms with Crippen LogP contribution < -0.4 is 5.32 Å². The number of anilines is 1. The van der Waals surface area contributed by atoms with Crippen LogP contribution in [-0.4, -0.2) is 41.5 Å². The van der Waals surface area contributed by atoms with Gasteiger partial charge in [-0.15, -0.1) is 0 Å². The van der Waals surface area contributed by atoms with Crippen LogP contribution in [0.3, 0.4) is 0 Å². The number of furan rings is 1. The van der Waals surface area contributed by atoms with Gasteiger partial charge in [0.2, 0.25) is 5.09 Å². The molecule has 11 heteroatoms. The maximum absolute atomic E-state index is 12.7. The van der Waals surface area contributed by atoms with Gasteiger partial charge < -0.3 is 9.73 Å². The minimum absolute atomic E-state index is 0.104. The average Bonchev–Trinajstić information content (AvgIpc) is 3.41. The number of sulfonamides is 1. The average molecular weight is 483 g/mol. The fourth-order valence-corrected chi connectivity index (χ4v) is 5.26. The maximum Gasteiger partial charge on any atom is 0.292 e. The molecule has 0 atom stereocenters. The topological polar surface area (TPSA) is 97.4 Å². The van der Waals surface area contributed by atoms with Gasteiger partial charge in [0, 0.05) is 29.2 Å². The smallest absolute Gasteiger partial charge is 0.292 e. The molecule has 1 saturated heterocycles. The van der Waals surface area contributed by atoms with Gasteiger partial charge in [-0.05, 0) is 42.7 Å². The maximum atomic E-state index is 12.7. The second-order valence-corrected chi connectivity index (χ2v) is 9.86. The minimum atomic E-state index is -3.75. The number of hydrogen-bond acceptors (Lipinski definition) is 5. The first kappa shape index (κ1) is 21.9. The number of amides is 1. The third kappa shape index (κ3) is 4.79. The van der Waals surface area contributed by atoms with Crippen molar-refractivity contribution in [3.05, 3.63) is 64.0 Å². The van der Waals surface area contributed by atoms with Crippen molar-refractivity contribution in [2.45, 2.75) is 30.9 Å². The van der Waals surface area contributed by atoms with Crippen molar-refractivity contribution in [1.29, 1.82) is 0 Å². The number of carbonyl (C=O) groups is 1. The lowest BCUT2D eigenvalue weighted by atomic mass is 10.2. The molecule has 31 heavy (non-hydrogen) atoms. The van der Waals surface area contributed by atoms with E-state index in [1.807, 2.05) is 0 Å². The summed E-state index contributed by atoms with van der Waals surface area (Å²) in [5.41, 5.74) is 0.776. The van der Waals surface area contributed by atoms with Crippen LogP contribution in [0.25, 0.3) is 0 Å². The molecule has 8 nitrogen and oxygen atoms in total. The molecule has 1 fully saturated rings. The zero-order valence-electron chi connectivity index (χ0n) is 16.4. The number of halogens is 2. The van der Waals surface area contributed by atoms with Crippen LogP contribution in [-0.2, 0) is 16.6 Å². The van der Waals surface area contributed by atoms with Gasteiger partial charge in [-0.2, -0.15) is 9.40 Å². The van der Waals surface area contributed by atoms with Crippen molar-refractivity contribution in [3.63, 3.8) is 0 Å². The third-order valence-corrected chi connectivity index (χ3v) is 7.37. The molecule has 0 bridgehead atoms. The van der Waals surface area contributed by atoms with Gasteiger partial charge in [0.05, 0.1) is 12.7 Å². The highest BCUT2D eigenvalue weighted by molar-refractivity contribution is 7.89. The molecule has 0 spiro atoms. The molecule has 1 aliphatic heterocycles.